The molecule has 6 heteroatoms. The van der Waals surface area contributed by atoms with Gasteiger partial charge in [-0.1, -0.05) is 17.7 Å². The average molecular weight is 281 g/mol. The summed E-state index contributed by atoms with van der Waals surface area (Å²) in [5, 5.41) is 13.9. The van der Waals surface area contributed by atoms with Gasteiger partial charge in [0, 0.05) is 5.69 Å². The number of nitro groups is 1. The first-order valence-corrected chi connectivity index (χ1v) is 5.83. The Balaban J connectivity index is 2.44. The van der Waals surface area contributed by atoms with E-state index in [4.69, 9.17) is 11.6 Å². The second kappa shape index (κ2) is 5.24. The van der Waals surface area contributed by atoms with Crippen LogP contribution in [-0.2, 0) is 0 Å². The zero-order chi connectivity index (χ0) is 14.0. The SMILES string of the molecule is Cc1cc(F)ccc1Nc1cccc(Cl)c1[N+](=O)[O-]. The van der Waals surface area contributed by atoms with Gasteiger partial charge in [-0.05, 0) is 42.8 Å². The minimum atomic E-state index is -0.552. The molecule has 2 aromatic carbocycles. The molecular formula is C13H10ClFN2O2. The molecule has 2 aromatic rings. The molecule has 0 unspecified atom stereocenters. The summed E-state index contributed by atoms with van der Waals surface area (Å²) >= 11 is 5.81. The Bertz CT molecular complexity index is 647. The predicted octanol–water partition coefficient (Wildman–Crippen LogP) is 4.44. The van der Waals surface area contributed by atoms with Gasteiger partial charge in [-0.3, -0.25) is 10.1 Å². The molecule has 0 aliphatic heterocycles. The van der Waals surface area contributed by atoms with E-state index >= 15 is 0 Å². The van der Waals surface area contributed by atoms with Crippen molar-refractivity contribution in [2.24, 2.45) is 0 Å². The molecule has 0 bridgehead atoms. The van der Waals surface area contributed by atoms with Crippen molar-refractivity contribution in [2.75, 3.05) is 5.32 Å². The van der Waals surface area contributed by atoms with Gasteiger partial charge in [-0.2, -0.15) is 0 Å². The number of nitrogens with one attached hydrogen (secondary N) is 1. The van der Waals surface area contributed by atoms with Gasteiger partial charge in [-0.25, -0.2) is 4.39 Å². The zero-order valence-electron chi connectivity index (χ0n) is 9.98. The molecule has 0 amide bonds. The fraction of sp³-hybridized carbons (Fsp3) is 0.0769. The molecule has 2 rings (SSSR count). The number of rotatable bonds is 3. The van der Waals surface area contributed by atoms with E-state index in [2.05, 4.69) is 5.32 Å². The summed E-state index contributed by atoms with van der Waals surface area (Å²) in [5.41, 5.74) is 1.31. The Hall–Kier alpha value is -2.14. The Morgan fingerprint density at radius 1 is 1.26 bits per heavy atom. The van der Waals surface area contributed by atoms with Gasteiger partial charge < -0.3 is 5.32 Å². The number of nitro benzene ring substituents is 1. The first-order chi connectivity index (χ1) is 8.99. The third-order valence-corrected chi connectivity index (χ3v) is 2.93. The van der Waals surface area contributed by atoms with Gasteiger partial charge in [0.05, 0.1) is 4.92 Å². The Kier molecular flexibility index (Phi) is 3.66. The average Bonchev–Trinajstić information content (AvgIpc) is 2.32. The summed E-state index contributed by atoms with van der Waals surface area (Å²) in [6, 6.07) is 8.76. The predicted molar refractivity (Wildman–Crippen MR) is 72.5 cm³/mol. The van der Waals surface area contributed by atoms with Crippen molar-refractivity contribution in [2.45, 2.75) is 6.92 Å². The maximum atomic E-state index is 13.0. The normalized spacial score (nSPS) is 10.3. The molecule has 0 fully saturated rings. The van der Waals surface area contributed by atoms with Crippen LogP contribution in [0.4, 0.5) is 21.5 Å². The molecule has 0 saturated carbocycles. The van der Waals surface area contributed by atoms with Crippen LogP contribution in [-0.4, -0.2) is 4.92 Å². The van der Waals surface area contributed by atoms with E-state index in [0.29, 0.717) is 11.3 Å². The quantitative estimate of drug-likeness (QED) is 0.668. The van der Waals surface area contributed by atoms with Crippen LogP contribution in [0.1, 0.15) is 5.56 Å². The molecule has 0 aliphatic carbocycles. The lowest BCUT2D eigenvalue weighted by Gasteiger charge is -2.10. The molecule has 0 aliphatic rings. The fourth-order valence-corrected chi connectivity index (χ4v) is 1.96. The molecule has 0 heterocycles. The maximum absolute atomic E-state index is 13.0. The van der Waals surface area contributed by atoms with Gasteiger partial charge >= 0.3 is 5.69 Å². The van der Waals surface area contributed by atoms with Crippen LogP contribution >= 0.6 is 11.6 Å². The number of nitrogens with zero attached hydrogens (tertiary/aromatic N) is 1. The standard InChI is InChI=1S/C13H10ClFN2O2/c1-8-7-9(15)5-6-11(8)16-12-4-2-3-10(14)13(12)17(18)19/h2-7,16H,1H3. The Morgan fingerprint density at radius 3 is 2.63 bits per heavy atom. The van der Waals surface area contributed by atoms with E-state index in [9.17, 15) is 14.5 Å². The lowest BCUT2D eigenvalue weighted by molar-refractivity contribution is -0.383. The van der Waals surface area contributed by atoms with E-state index < -0.39 is 4.92 Å². The van der Waals surface area contributed by atoms with Crippen molar-refractivity contribution in [3.05, 3.63) is 62.9 Å². The summed E-state index contributed by atoms with van der Waals surface area (Å²) in [4.78, 5) is 10.4. The van der Waals surface area contributed by atoms with Gasteiger partial charge in [0.25, 0.3) is 0 Å². The maximum Gasteiger partial charge on any atom is 0.311 e. The topological polar surface area (TPSA) is 55.2 Å². The van der Waals surface area contributed by atoms with E-state index in [1.54, 1.807) is 19.1 Å². The first kappa shape index (κ1) is 13.3. The fourth-order valence-electron chi connectivity index (χ4n) is 1.71. The van der Waals surface area contributed by atoms with Crippen molar-refractivity contribution in [1.82, 2.24) is 0 Å². The summed E-state index contributed by atoms with van der Waals surface area (Å²) in [5.74, 6) is -0.358. The van der Waals surface area contributed by atoms with Crippen molar-refractivity contribution < 1.29 is 9.31 Å². The second-order valence-corrected chi connectivity index (χ2v) is 4.38. The third kappa shape index (κ3) is 2.82. The monoisotopic (exact) mass is 280 g/mol. The molecule has 19 heavy (non-hydrogen) atoms. The summed E-state index contributed by atoms with van der Waals surface area (Å²) < 4.78 is 13.0. The smallest absolute Gasteiger partial charge is 0.311 e. The molecule has 0 aromatic heterocycles. The molecule has 0 spiro atoms. The van der Waals surface area contributed by atoms with Crippen molar-refractivity contribution in [3.63, 3.8) is 0 Å². The molecule has 0 atom stereocenters. The summed E-state index contributed by atoms with van der Waals surface area (Å²) in [7, 11) is 0. The van der Waals surface area contributed by atoms with Crippen LogP contribution in [0.25, 0.3) is 0 Å². The van der Waals surface area contributed by atoms with Crippen molar-refractivity contribution >= 4 is 28.7 Å². The Morgan fingerprint density at radius 2 is 2.00 bits per heavy atom. The number of hydrogen-bond donors (Lipinski definition) is 1. The van der Waals surface area contributed by atoms with Gasteiger partial charge in [0.1, 0.15) is 16.5 Å². The van der Waals surface area contributed by atoms with Crippen molar-refractivity contribution in [1.29, 1.82) is 0 Å². The lowest BCUT2D eigenvalue weighted by Crippen LogP contribution is -1.99. The summed E-state index contributed by atoms with van der Waals surface area (Å²) in [6.45, 7) is 1.71. The van der Waals surface area contributed by atoms with Crippen LogP contribution < -0.4 is 5.32 Å². The van der Waals surface area contributed by atoms with Crippen molar-refractivity contribution in [3.8, 4) is 0 Å². The third-order valence-electron chi connectivity index (χ3n) is 2.63. The summed E-state index contributed by atoms with van der Waals surface area (Å²) in [6.07, 6.45) is 0. The minimum absolute atomic E-state index is 0.0507. The highest BCUT2D eigenvalue weighted by atomic mass is 35.5. The highest BCUT2D eigenvalue weighted by Gasteiger charge is 2.18. The van der Waals surface area contributed by atoms with Crippen LogP contribution in [0.2, 0.25) is 5.02 Å². The van der Waals surface area contributed by atoms with Crippen LogP contribution in [0.5, 0.6) is 0 Å². The van der Waals surface area contributed by atoms with E-state index in [0.717, 1.165) is 0 Å². The highest BCUT2D eigenvalue weighted by molar-refractivity contribution is 6.33. The first-order valence-electron chi connectivity index (χ1n) is 5.45. The number of benzene rings is 2. The molecule has 1 N–H and O–H groups in total. The lowest BCUT2D eigenvalue weighted by atomic mass is 10.2. The highest BCUT2D eigenvalue weighted by Crippen LogP contribution is 2.34. The van der Waals surface area contributed by atoms with Crippen LogP contribution in [0.15, 0.2) is 36.4 Å². The Labute approximate surface area is 114 Å². The van der Waals surface area contributed by atoms with E-state index in [-0.39, 0.29) is 22.2 Å². The van der Waals surface area contributed by atoms with Crippen LogP contribution in [0, 0.1) is 22.9 Å². The van der Waals surface area contributed by atoms with Gasteiger partial charge in [-0.15, -0.1) is 0 Å². The largest absolute Gasteiger partial charge is 0.350 e. The number of halogens is 2. The molecule has 4 nitrogen and oxygen atoms in total. The number of aryl methyl sites for hydroxylation is 1. The molecule has 98 valence electrons. The minimum Gasteiger partial charge on any atom is -0.350 e. The molecule has 0 saturated heterocycles. The number of anilines is 2. The van der Waals surface area contributed by atoms with Gasteiger partial charge in [0.2, 0.25) is 0 Å². The molecular weight excluding hydrogens is 271 g/mol. The number of para-hydroxylation sites is 1. The zero-order valence-corrected chi connectivity index (χ0v) is 10.7. The van der Waals surface area contributed by atoms with Gasteiger partial charge in [0.15, 0.2) is 0 Å². The molecule has 0 radical (unpaired) electrons. The van der Waals surface area contributed by atoms with Crippen LogP contribution in [0.3, 0.4) is 0 Å². The van der Waals surface area contributed by atoms with E-state index in [1.807, 2.05) is 0 Å². The second-order valence-electron chi connectivity index (χ2n) is 3.98. The number of hydrogen-bond acceptors (Lipinski definition) is 3. The van der Waals surface area contributed by atoms with E-state index in [1.165, 1.54) is 24.3 Å².